The number of nitrogens with zero attached hydrogens (tertiary/aromatic N) is 4. The van der Waals surface area contributed by atoms with E-state index in [1.165, 1.54) is 0 Å². The molecule has 0 aromatic carbocycles. The molecule has 4 rings (SSSR count). The summed E-state index contributed by atoms with van der Waals surface area (Å²) in [4.78, 5) is 11.4. The van der Waals surface area contributed by atoms with Crippen molar-refractivity contribution in [2.45, 2.75) is 12.2 Å². The van der Waals surface area contributed by atoms with Gasteiger partial charge in [-0.3, -0.25) is 10.1 Å². The van der Waals surface area contributed by atoms with Gasteiger partial charge >= 0.3 is 0 Å². The molecule has 26 heavy (non-hydrogen) atoms. The third-order valence-electron chi connectivity index (χ3n) is 4.58. The molecule has 0 amide bonds. The third-order valence-corrected chi connectivity index (χ3v) is 5.44. The highest BCUT2D eigenvalue weighted by Crippen LogP contribution is 2.33. The van der Waals surface area contributed by atoms with E-state index in [4.69, 9.17) is 9.72 Å². The van der Waals surface area contributed by atoms with Crippen LogP contribution in [0.25, 0.3) is 22.3 Å². The molecule has 2 atom stereocenters. The first-order valence-corrected chi connectivity index (χ1v) is 9.54. The van der Waals surface area contributed by atoms with Gasteiger partial charge in [0.1, 0.15) is 17.0 Å². The number of fused-ring (bicyclic) bond motifs is 1. The lowest BCUT2D eigenvalue weighted by molar-refractivity contribution is 0.122. The smallest absolute Gasteiger partial charge is 0.160 e. The second-order valence-electron chi connectivity index (χ2n) is 6.11. The zero-order valence-corrected chi connectivity index (χ0v) is 15.1. The molecule has 0 bridgehead atoms. The van der Waals surface area contributed by atoms with Gasteiger partial charge in [-0.1, -0.05) is 0 Å². The molecule has 4 heterocycles. The molecule has 1 saturated heterocycles. The maximum atomic E-state index is 11.8. The predicted octanol–water partition coefficient (Wildman–Crippen LogP) is 2.14. The fraction of sp³-hybridized carbons (Fsp3) is 0.353. The Bertz CT molecular complexity index is 941. The van der Waals surface area contributed by atoms with Crippen molar-refractivity contribution in [1.29, 1.82) is 0 Å². The summed E-state index contributed by atoms with van der Waals surface area (Å²) in [5, 5.41) is 7.19. The molecule has 8 nitrogen and oxygen atoms in total. The van der Waals surface area contributed by atoms with E-state index >= 15 is 0 Å². The van der Waals surface area contributed by atoms with Gasteiger partial charge in [-0.25, -0.2) is 9.19 Å². The van der Waals surface area contributed by atoms with Crippen LogP contribution in [0.15, 0.2) is 30.6 Å². The summed E-state index contributed by atoms with van der Waals surface area (Å²) in [5.41, 5.74) is 2.90. The van der Waals surface area contributed by atoms with E-state index in [0.29, 0.717) is 24.4 Å². The number of H-pyrrole nitrogens is 1. The summed E-state index contributed by atoms with van der Waals surface area (Å²) < 4.78 is 26.9. The fourth-order valence-corrected chi connectivity index (χ4v) is 3.56. The lowest BCUT2D eigenvalue weighted by atomic mass is 10.0. The van der Waals surface area contributed by atoms with Crippen LogP contribution in [0.5, 0.6) is 0 Å². The van der Waals surface area contributed by atoms with E-state index < -0.39 is 16.3 Å². The molecule has 0 spiro atoms. The molecule has 2 unspecified atom stereocenters. The van der Waals surface area contributed by atoms with Crippen molar-refractivity contribution in [1.82, 2.24) is 20.2 Å². The van der Waals surface area contributed by atoms with Gasteiger partial charge in [-0.2, -0.15) is 5.10 Å². The zero-order chi connectivity index (χ0) is 18.1. The Morgan fingerprint density at radius 2 is 2.12 bits per heavy atom. The molecule has 2 N–H and O–H groups in total. The molecule has 1 aliphatic rings. The Kier molecular flexibility index (Phi) is 4.66. The maximum absolute atomic E-state index is 11.8. The number of nitrogens with one attached hydrogen (secondary N) is 1. The zero-order valence-electron chi connectivity index (χ0n) is 14.3. The topological polar surface area (TPSA) is 104 Å². The molecule has 0 radical (unpaired) electrons. The molecule has 0 aliphatic carbocycles. The van der Waals surface area contributed by atoms with Gasteiger partial charge in [0.05, 0.1) is 24.2 Å². The van der Waals surface area contributed by atoms with E-state index in [9.17, 15) is 8.76 Å². The Labute approximate surface area is 152 Å². The van der Waals surface area contributed by atoms with Crippen molar-refractivity contribution in [3.63, 3.8) is 0 Å². The van der Waals surface area contributed by atoms with Crippen molar-refractivity contribution in [3.05, 3.63) is 36.2 Å². The van der Waals surface area contributed by atoms with Crippen LogP contribution in [0.3, 0.4) is 0 Å². The molecule has 9 heteroatoms. The van der Waals surface area contributed by atoms with Gasteiger partial charge in [-0.15, -0.1) is 0 Å². The van der Waals surface area contributed by atoms with Crippen LogP contribution < -0.4 is 4.90 Å². The lowest BCUT2D eigenvalue weighted by Crippen LogP contribution is -2.36. The molecular weight excluding hydrogens is 354 g/mol. The molecule has 3 aromatic heterocycles. The average Bonchev–Trinajstić information content (AvgIpc) is 3.21. The predicted molar refractivity (Wildman–Crippen MR) is 99.3 cm³/mol. The van der Waals surface area contributed by atoms with Crippen molar-refractivity contribution >= 4 is 27.8 Å². The summed E-state index contributed by atoms with van der Waals surface area (Å²) in [7, 11) is 0. The third kappa shape index (κ3) is 3.09. The van der Waals surface area contributed by atoms with Crippen LogP contribution in [0, 0.1) is 0 Å². The number of rotatable bonds is 4. The highest BCUT2D eigenvalue weighted by Gasteiger charge is 2.22. The molecule has 1 fully saturated rings. The molecule has 3 aromatic rings. The minimum Gasteiger partial charge on any atom is -0.378 e. The van der Waals surface area contributed by atoms with Crippen LogP contribution in [-0.4, -0.2) is 55.2 Å². The molecule has 136 valence electrons. The van der Waals surface area contributed by atoms with Crippen LogP contribution in [-0.2, 0) is 15.8 Å². The number of hydrogen-bond acceptors (Lipinski definition) is 6. The highest BCUT2D eigenvalue weighted by atomic mass is 32.2. The summed E-state index contributed by atoms with van der Waals surface area (Å²) in [6.07, 6.45) is 3.35. The number of aromatic amines is 1. The first-order valence-electron chi connectivity index (χ1n) is 8.37. The lowest BCUT2D eigenvalue weighted by Gasteiger charge is -2.29. The van der Waals surface area contributed by atoms with Crippen LogP contribution >= 0.6 is 0 Å². The van der Waals surface area contributed by atoms with Gasteiger partial charge in [0, 0.05) is 30.9 Å². The number of anilines is 1. The van der Waals surface area contributed by atoms with Gasteiger partial charge in [0.25, 0.3) is 0 Å². The van der Waals surface area contributed by atoms with Crippen LogP contribution in [0.4, 0.5) is 5.82 Å². The van der Waals surface area contributed by atoms with Gasteiger partial charge in [0.15, 0.2) is 11.1 Å². The summed E-state index contributed by atoms with van der Waals surface area (Å²) >= 11 is -1.99. The number of ether oxygens (including phenoxy) is 1. The SMILES string of the molecule is CC(c1cc(N2CCOCC2)nc2c(-c3ccn[nH]3)nccc12)S(=O)O. The van der Waals surface area contributed by atoms with Crippen molar-refractivity contribution < 1.29 is 13.5 Å². The highest BCUT2D eigenvalue weighted by molar-refractivity contribution is 7.79. The summed E-state index contributed by atoms with van der Waals surface area (Å²) in [6, 6.07) is 5.57. The average molecular weight is 373 g/mol. The van der Waals surface area contributed by atoms with Crippen molar-refractivity contribution in [2.24, 2.45) is 0 Å². The first kappa shape index (κ1) is 17.1. The van der Waals surface area contributed by atoms with Gasteiger partial charge in [0.2, 0.25) is 0 Å². The monoisotopic (exact) mass is 373 g/mol. The van der Waals surface area contributed by atoms with Gasteiger partial charge < -0.3 is 14.2 Å². The number of hydrogen-bond donors (Lipinski definition) is 2. The molecule has 1 aliphatic heterocycles. The second-order valence-corrected chi connectivity index (χ2v) is 7.37. The quantitative estimate of drug-likeness (QED) is 0.675. The second kappa shape index (κ2) is 7.10. The Morgan fingerprint density at radius 1 is 1.31 bits per heavy atom. The number of morpholine rings is 1. The number of pyridine rings is 2. The number of aromatic nitrogens is 4. The van der Waals surface area contributed by atoms with Crippen molar-refractivity contribution in [2.75, 3.05) is 31.2 Å². The van der Waals surface area contributed by atoms with Gasteiger partial charge in [-0.05, 0) is 30.7 Å². The normalized spacial score (nSPS) is 17.4. The van der Waals surface area contributed by atoms with E-state index in [0.717, 1.165) is 35.6 Å². The van der Waals surface area contributed by atoms with Crippen LogP contribution in [0.1, 0.15) is 17.7 Å². The van der Waals surface area contributed by atoms with E-state index in [1.807, 2.05) is 18.2 Å². The van der Waals surface area contributed by atoms with Crippen molar-refractivity contribution in [3.8, 4) is 11.4 Å². The first-order chi connectivity index (χ1) is 12.6. The Hall–Kier alpha value is -2.36. The van der Waals surface area contributed by atoms with Crippen LogP contribution in [0.2, 0.25) is 0 Å². The maximum Gasteiger partial charge on any atom is 0.160 e. The summed E-state index contributed by atoms with van der Waals surface area (Å²) in [5.74, 6) is 0.766. The largest absolute Gasteiger partial charge is 0.378 e. The Morgan fingerprint density at radius 3 is 2.81 bits per heavy atom. The van der Waals surface area contributed by atoms with E-state index in [-0.39, 0.29) is 0 Å². The van der Waals surface area contributed by atoms with E-state index in [1.54, 1.807) is 19.3 Å². The standard InChI is InChI=1S/C17H19N5O3S/c1-11(26(23)24)13-10-15(22-6-8-25-9-7-22)20-16-12(13)2-4-18-17(16)14-3-5-19-21-14/h2-5,10-11H,6-9H2,1H3,(H,19,21)(H,23,24). The molecular formula is C17H19N5O3S. The Balaban J connectivity index is 1.95. The minimum atomic E-state index is -1.99. The summed E-state index contributed by atoms with van der Waals surface area (Å²) in [6.45, 7) is 4.47. The fourth-order valence-electron chi connectivity index (χ4n) is 3.15. The minimum absolute atomic E-state index is 0.544. The van der Waals surface area contributed by atoms with E-state index in [2.05, 4.69) is 20.1 Å². The molecule has 0 saturated carbocycles.